The molecule has 1 saturated carbocycles. The van der Waals surface area contributed by atoms with Gasteiger partial charge in [-0.25, -0.2) is 0 Å². The highest BCUT2D eigenvalue weighted by Gasteiger charge is 2.37. The fourth-order valence-electron chi connectivity index (χ4n) is 4.49. The first-order chi connectivity index (χ1) is 14.2. The van der Waals surface area contributed by atoms with E-state index < -0.39 is 0 Å². The number of ether oxygens (including phenoxy) is 2. The van der Waals surface area contributed by atoms with Crippen LogP contribution in [0.5, 0.6) is 11.5 Å². The van der Waals surface area contributed by atoms with Gasteiger partial charge in [-0.15, -0.1) is 0 Å². The van der Waals surface area contributed by atoms with E-state index in [0.717, 1.165) is 25.7 Å². The number of hydrogen-bond acceptors (Lipinski definition) is 4. The highest BCUT2D eigenvalue weighted by Crippen LogP contribution is 2.41. The van der Waals surface area contributed by atoms with Gasteiger partial charge in [0.05, 0.1) is 17.3 Å². The molecule has 0 radical (unpaired) electrons. The van der Waals surface area contributed by atoms with E-state index in [1.54, 1.807) is 12.1 Å². The Morgan fingerprint density at radius 1 is 1.10 bits per heavy atom. The summed E-state index contributed by atoms with van der Waals surface area (Å²) in [4.78, 5) is 15.3. The predicted molar refractivity (Wildman–Crippen MR) is 113 cm³/mol. The van der Waals surface area contributed by atoms with E-state index in [1.807, 2.05) is 0 Å². The average molecular weight is 413 g/mol. The predicted octanol–water partition coefficient (Wildman–Crippen LogP) is 4.59. The van der Waals surface area contributed by atoms with Gasteiger partial charge in [0.15, 0.2) is 11.5 Å². The lowest BCUT2D eigenvalue weighted by Crippen LogP contribution is -2.39. The summed E-state index contributed by atoms with van der Waals surface area (Å²) in [5.41, 5.74) is 3.38. The van der Waals surface area contributed by atoms with Crippen molar-refractivity contribution in [3.63, 3.8) is 0 Å². The van der Waals surface area contributed by atoms with E-state index in [-0.39, 0.29) is 5.91 Å². The van der Waals surface area contributed by atoms with Crippen LogP contribution in [0.4, 0.5) is 5.69 Å². The molecular formula is C23H25ClN2O3. The lowest BCUT2D eigenvalue weighted by Gasteiger charge is -2.35. The van der Waals surface area contributed by atoms with Crippen LogP contribution in [0, 0.1) is 0 Å². The minimum absolute atomic E-state index is 0.0430. The molecular weight excluding hydrogens is 388 g/mol. The number of aryl methyl sites for hydroxylation is 1. The highest BCUT2D eigenvalue weighted by molar-refractivity contribution is 6.34. The largest absolute Gasteiger partial charge is 0.486 e. The summed E-state index contributed by atoms with van der Waals surface area (Å²) in [5, 5.41) is 3.45. The number of nitrogens with one attached hydrogen (secondary N) is 1. The number of anilines is 1. The van der Waals surface area contributed by atoms with Crippen molar-refractivity contribution in [1.29, 1.82) is 0 Å². The average Bonchev–Trinajstić information content (AvgIpc) is 3.57. The summed E-state index contributed by atoms with van der Waals surface area (Å²) < 4.78 is 11.2. The molecule has 3 aliphatic rings. The second kappa shape index (κ2) is 7.88. The molecule has 1 atom stereocenters. The zero-order chi connectivity index (χ0) is 19.8. The summed E-state index contributed by atoms with van der Waals surface area (Å²) in [6.07, 6.45) is 5.73. The van der Waals surface area contributed by atoms with Gasteiger partial charge in [0.25, 0.3) is 0 Å². The first kappa shape index (κ1) is 18.8. The van der Waals surface area contributed by atoms with Gasteiger partial charge in [-0.3, -0.25) is 9.69 Å². The molecule has 2 aliphatic carbocycles. The van der Waals surface area contributed by atoms with Crippen molar-refractivity contribution in [2.75, 3.05) is 25.1 Å². The summed E-state index contributed by atoms with van der Waals surface area (Å²) in [5.74, 6) is 1.20. The van der Waals surface area contributed by atoms with Crippen molar-refractivity contribution in [1.82, 2.24) is 4.90 Å². The van der Waals surface area contributed by atoms with Crippen LogP contribution in [0.2, 0.25) is 5.02 Å². The molecule has 1 unspecified atom stereocenters. The Hall–Kier alpha value is -2.24. The van der Waals surface area contributed by atoms with Gasteiger partial charge in [0, 0.05) is 24.2 Å². The fourth-order valence-corrected chi connectivity index (χ4v) is 4.69. The summed E-state index contributed by atoms with van der Waals surface area (Å²) >= 11 is 6.37. The van der Waals surface area contributed by atoms with Crippen molar-refractivity contribution < 1.29 is 14.3 Å². The first-order valence-corrected chi connectivity index (χ1v) is 10.8. The third-order valence-electron chi connectivity index (χ3n) is 5.99. The van der Waals surface area contributed by atoms with Gasteiger partial charge < -0.3 is 14.8 Å². The van der Waals surface area contributed by atoms with E-state index in [4.69, 9.17) is 21.1 Å². The number of carbonyl (C=O) groups excluding carboxylic acids is 1. The molecule has 1 aliphatic heterocycles. The fraction of sp³-hybridized carbons (Fsp3) is 0.435. The van der Waals surface area contributed by atoms with Crippen molar-refractivity contribution >= 4 is 23.2 Å². The van der Waals surface area contributed by atoms with Crippen molar-refractivity contribution in [2.24, 2.45) is 0 Å². The molecule has 1 amide bonds. The summed E-state index contributed by atoms with van der Waals surface area (Å²) in [6, 6.07) is 12.9. The Labute approximate surface area is 175 Å². The lowest BCUT2D eigenvalue weighted by molar-refractivity contribution is -0.118. The number of rotatable bonds is 5. The molecule has 29 heavy (non-hydrogen) atoms. The van der Waals surface area contributed by atoms with E-state index in [1.165, 1.54) is 17.5 Å². The zero-order valence-electron chi connectivity index (χ0n) is 16.3. The number of hydrogen-bond donors (Lipinski definition) is 1. The smallest absolute Gasteiger partial charge is 0.238 e. The van der Waals surface area contributed by atoms with Gasteiger partial charge in [-0.2, -0.15) is 0 Å². The number of fused-ring (bicyclic) bond motifs is 2. The number of carbonyl (C=O) groups is 1. The zero-order valence-corrected chi connectivity index (χ0v) is 17.1. The molecule has 5 nitrogen and oxygen atoms in total. The molecule has 2 aromatic carbocycles. The molecule has 6 heteroatoms. The number of amides is 1. The Morgan fingerprint density at radius 3 is 2.66 bits per heavy atom. The normalized spacial score (nSPS) is 20.3. The molecule has 0 spiro atoms. The van der Waals surface area contributed by atoms with E-state index in [9.17, 15) is 4.79 Å². The maximum Gasteiger partial charge on any atom is 0.238 e. The van der Waals surface area contributed by atoms with Crippen LogP contribution >= 0.6 is 11.6 Å². The van der Waals surface area contributed by atoms with Crippen LogP contribution in [0.1, 0.15) is 42.9 Å². The molecule has 2 aromatic rings. The second-order valence-corrected chi connectivity index (χ2v) is 8.44. The standard InChI is InChI=1S/C23H25ClN2O3/c24-18-12-21-22(29-11-10-28-21)13-19(18)25-23(27)14-26(16-8-9-16)20-7-3-5-15-4-1-2-6-17(15)20/h1-2,4,6,12-13,16,20H,3,5,7-11,14H2,(H,25,27). The molecule has 152 valence electrons. The van der Waals surface area contributed by atoms with Gasteiger partial charge >= 0.3 is 0 Å². The third-order valence-corrected chi connectivity index (χ3v) is 6.30. The molecule has 1 N–H and O–H groups in total. The third kappa shape index (κ3) is 3.94. The first-order valence-electron chi connectivity index (χ1n) is 10.4. The maximum absolute atomic E-state index is 12.9. The minimum atomic E-state index is -0.0430. The van der Waals surface area contributed by atoms with Crippen LogP contribution in [0.15, 0.2) is 36.4 Å². The van der Waals surface area contributed by atoms with Crippen LogP contribution in [0.25, 0.3) is 0 Å². The molecule has 0 bridgehead atoms. The van der Waals surface area contributed by atoms with E-state index >= 15 is 0 Å². The topological polar surface area (TPSA) is 50.8 Å². The Bertz CT molecular complexity index is 928. The van der Waals surface area contributed by atoms with Crippen molar-refractivity contribution in [2.45, 2.75) is 44.2 Å². The lowest BCUT2D eigenvalue weighted by atomic mass is 9.86. The molecule has 1 fully saturated rings. The summed E-state index contributed by atoms with van der Waals surface area (Å²) in [6.45, 7) is 1.38. The number of halogens is 1. The molecule has 5 rings (SSSR count). The van der Waals surface area contributed by atoms with Gasteiger partial charge in [-0.1, -0.05) is 35.9 Å². The second-order valence-electron chi connectivity index (χ2n) is 8.03. The van der Waals surface area contributed by atoms with Crippen LogP contribution in [-0.4, -0.2) is 36.6 Å². The minimum Gasteiger partial charge on any atom is -0.486 e. The van der Waals surface area contributed by atoms with Crippen LogP contribution in [0.3, 0.4) is 0 Å². The van der Waals surface area contributed by atoms with Crippen LogP contribution < -0.4 is 14.8 Å². The van der Waals surface area contributed by atoms with Crippen molar-refractivity contribution in [3.8, 4) is 11.5 Å². The monoisotopic (exact) mass is 412 g/mol. The van der Waals surface area contributed by atoms with Gasteiger partial charge in [0.1, 0.15) is 13.2 Å². The van der Waals surface area contributed by atoms with Crippen molar-refractivity contribution in [3.05, 3.63) is 52.5 Å². The number of benzene rings is 2. The Balaban J connectivity index is 1.33. The molecule has 1 heterocycles. The number of nitrogens with zero attached hydrogens (tertiary/aromatic N) is 1. The van der Waals surface area contributed by atoms with Gasteiger partial charge in [-0.05, 0) is 43.2 Å². The van der Waals surface area contributed by atoms with E-state index in [2.05, 4.69) is 34.5 Å². The molecule has 0 aromatic heterocycles. The van der Waals surface area contributed by atoms with Gasteiger partial charge in [0.2, 0.25) is 5.91 Å². The van der Waals surface area contributed by atoms with E-state index in [0.29, 0.717) is 54.1 Å². The Morgan fingerprint density at radius 2 is 1.86 bits per heavy atom. The van der Waals surface area contributed by atoms with Crippen LogP contribution in [-0.2, 0) is 11.2 Å². The Kier molecular flexibility index (Phi) is 5.10. The maximum atomic E-state index is 12.9. The highest BCUT2D eigenvalue weighted by atomic mass is 35.5. The SMILES string of the molecule is O=C(CN(C1CC1)C1CCCc2ccccc21)Nc1cc2c(cc1Cl)OCCO2. The summed E-state index contributed by atoms with van der Waals surface area (Å²) in [7, 11) is 0. The quantitative estimate of drug-likeness (QED) is 0.780. The molecule has 0 saturated heterocycles.